The fourth-order valence-electron chi connectivity index (χ4n) is 0.554. The van der Waals surface area contributed by atoms with Crippen LogP contribution in [-0.2, 0) is 0 Å². The van der Waals surface area contributed by atoms with Crippen LogP contribution in [0.1, 0.15) is 13.3 Å². The van der Waals surface area contributed by atoms with Crippen LogP contribution in [0.4, 0.5) is 0 Å². The summed E-state index contributed by atoms with van der Waals surface area (Å²) in [5, 5.41) is 0. The first-order valence-corrected chi connectivity index (χ1v) is 2.22. The van der Waals surface area contributed by atoms with E-state index in [0.717, 1.165) is 0 Å². The van der Waals surface area contributed by atoms with Gasteiger partial charge in [-0.15, -0.1) is 0 Å². The monoisotopic (exact) mass is 104 g/mol. The Morgan fingerprint density at radius 1 is 1.57 bits per heavy atom. The summed E-state index contributed by atoms with van der Waals surface area (Å²) < 4.78 is 0. The first-order chi connectivity index (χ1) is 2.89. The first-order valence-electron chi connectivity index (χ1n) is 2.22. The molecule has 0 saturated carbocycles. The molecule has 0 saturated heterocycles. The van der Waals surface area contributed by atoms with Crippen molar-refractivity contribution in [3.8, 4) is 0 Å². The van der Waals surface area contributed by atoms with Crippen molar-refractivity contribution >= 4 is 29.6 Å². The topological polar surface area (TPSA) is 0 Å². The summed E-state index contributed by atoms with van der Waals surface area (Å²) in [5.41, 5.74) is 1.47. The Labute approximate surface area is 66.6 Å². The van der Waals surface area contributed by atoms with E-state index >= 15 is 0 Å². The number of hydrogen-bond acceptors (Lipinski definition) is 0. The minimum absolute atomic E-state index is 0. The molecule has 1 rings (SSSR count). The van der Waals surface area contributed by atoms with Crippen LogP contribution < -0.4 is 0 Å². The van der Waals surface area contributed by atoms with Crippen molar-refractivity contribution in [3.05, 3.63) is 23.8 Å². The summed E-state index contributed by atoms with van der Waals surface area (Å²) >= 11 is 0. The van der Waals surface area contributed by atoms with Gasteiger partial charge in [-0.05, 0) is 13.3 Å². The predicted octanol–water partition coefficient (Wildman–Crippen LogP) is 1.24. The van der Waals surface area contributed by atoms with Gasteiger partial charge in [0.1, 0.15) is 0 Å². The second kappa shape index (κ2) is 3.48. The van der Waals surface area contributed by atoms with Crippen LogP contribution >= 0.6 is 0 Å². The summed E-state index contributed by atoms with van der Waals surface area (Å²) in [6.45, 7) is 2.14. The van der Waals surface area contributed by atoms with E-state index in [1.807, 2.05) is 0 Å². The van der Waals surface area contributed by atoms with Gasteiger partial charge >= 0.3 is 29.6 Å². The molecule has 0 aliphatic heterocycles. The van der Waals surface area contributed by atoms with Crippen LogP contribution in [0.2, 0.25) is 0 Å². The fourth-order valence-corrected chi connectivity index (χ4v) is 0.554. The van der Waals surface area contributed by atoms with E-state index in [1.165, 1.54) is 12.0 Å². The average molecular weight is 104 g/mol. The molecule has 34 valence electrons. The van der Waals surface area contributed by atoms with E-state index in [-0.39, 0.29) is 29.6 Å². The average Bonchev–Trinajstić information content (AvgIpc) is 1.86. The molecule has 0 nitrogen and oxygen atoms in total. The van der Waals surface area contributed by atoms with E-state index in [4.69, 9.17) is 0 Å². The number of rotatable bonds is 0. The third-order valence-corrected chi connectivity index (χ3v) is 0.957. The quantitative estimate of drug-likeness (QED) is 0.406. The van der Waals surface area contributed by atoms with Gasteiger partial charge in [-0.2, -0.15) is 0 Å². The van der Waals surface area contributed by atoms with Crippen LogP contribution in [0.25, 0.3) is 0 Å². The van der Waals surface area contributed by atoms with E-state index < -0.39 is 0 Å². The Balaban J connectivity index is 0.000000360. The van der Waals surface area contributed by atoms with Gasteiger partial charge in [-0.1, -0.05) is 23.8 Å². The minimum atomic E-state index is 0. The molecule has 7 heavy (non-hydrogen) atoms. The zero-order valence-electron chi connectivity index (χ0n) is 3.94. The van der Waals surface area contributed by atoms with Crippen LogP contribution in [-0.4, -0.2) is 29.6 Å². The van der Waals surface area contributed by atoms with Crippen LogP contribution in [0, 0.1) is 0 Å². The molecule has 1 aliphatic carbocycles. The van der Waals surface area contributed by atoms with Gasteiger partial charge in [-0.3, -0.25) is 0 Å². The van der Waals surface area contributed by atoms with Crippen molar-refractivity contribution in [2.24, 2.45) is 0 Å². The molecule has 0 unspecified atom stereocenters. The molecule has 0 aromatic carbocycles. The Morgan fingerprint density at radius 3 is 2.43 bits per heavy atom. The maximum absolute atomic E-state index is 2.16. The normalized spacial score (nSPS) is 15.9. The van der Waals surface area contributed by atoms with Crippen molar-refractivity contribution in [2.75, 3.05) is 0 Å². The van der Waals surface area contributed by atoms with Gasteiger partial charge in [0.2, 0.25) is 0 Å². The van der Waals surface area contributed by atoms with Gasteiger partial charge in [0.25, 0.3) is 0 Å². The Kier molecular flexibility index (Phi) is 3.72. The Bertz CT molecular complexity index is 101. The fraction of sp³-hybridized carbons (Fsp3) is 0.333. The molecule has 0 N–H and O–H groups in total. The molecule has 0 heterocycles. The number of hydrogen-bond donors (Lipinski definition) is 0. The van der Waals surface area contributed by atoms with Crippen LogP contribution in [0.5, 0.6) is 0 Å². The Hall–Kier alpha value is 0.480. The molecule has 0 radical (unpaired) electrons. The van der Waals surface area contributed by atoms with Crippen LogP contribution in [0.3, 0.4) is 0 Å². The predicted molar refractivity (Wildman–Crippen MR) is 34.7 cm³/mol. The van der Waals surface area contributed by atoms with Crippen molar-refractivity contribution in [3.63, 3.8) is 0 Å². The molecule has 0 fully saturated rings. The molecular weight excluding hydrogens is 95.1 g/mol. The van der Waals surface area contributed by atoms with Crippen molar-refractivity contribution in [2.45, 2.75) is 13.3 Å². The standard InChI is InChI=1S/C6H8.Na.H/c1-6-4-2-3-5-6;;/h2-4H,5H2,1H3;;. The molecule has 1 heteroatoms. The molecule has 0 bridgehead atoms. The molecular formula is C6H9Na. The summed E-state index contributed by atoms with van der Waals surface area (Å²) in [7, 11) is 0. The summed E-state index contributed by atoms with van der Waals surface area (Å²) in [6.07, 6.45) is 7.56. The molecule has 1 aliphatic rings. The zero-order valence-corrected chi connectivity index (χ0v) is 3.94. The van der Waals surface area contributed by atoms with E-state index in [2.05, 4.69) is 25.2 Å². The second-order valence-electron chi connectivity index (χ2n) is 1.65. The van der Waals surface area contributed by atoms with Crippen molar-refractivity contribution in [1.29, 1.82) is 0 Å². The van der Waals surface area contributed by atoms with Crippen molar-refractivity contribution in [1.82, 2.24) is 0 Å². The van der Waals surface area contributed by atoms with E-state index in [1.54, 1.807) is 0 Å². The van der Waals surface area contributed by atoms with Gasteiger partial charge in [0.15, 0.2) is 0 Å². The first kappa shape index (κ1) is 7.48. The maximum atomic E-state index is 2.16. The van der Waals surface area contributed by atoms with Gasteiger partial charge in [-0.25, -0.2) is 0 Å². The van der Waals surface area contributed by atoms with Gasteiger partial charge in [0, 0.05) is 0 Å². The van der Waals surface area contributed by atoms with Crippen LogP contribution in [0.15, 0.2) is 23.8 Å². The van der Waals surface area contributed by atoms with Crippen molar-refractivity contribution < 1.29 is 0 Å². The molecule has 0 aromatic heterocycles. The summed E-state index contributed by atoms with van der Waals surface area (Å²) in [6, 6.07) is 0. The van der Waals surface area contributed by atoms with Gasteiger partial charge < -0.3 is 0 Å². The molecule has 0 aromatic rings. The third kappa shape index (κ3) is 2.32. The molecule has 0 atom stereocenters. The van der Waals surface area contributed by atoms with E-state index in [0.29, 0.717) is 0 Å². The Morgan fingerprint density at radius 2 is 2.29 bits per heavy atom. The zero-order chi connectivity index (χ0) is 4.41. The number of allylic oxidation sites excluding steroid dienone is 4. The van der Waals surface area contributed by atoms with E-state index in [9.17, 15) is 0 Å². The summed E-state index contributed by atoms with van der Waals surface area (Å²) in [4.78, 5) is 0. The third-order valence-electron chi connectivity index (χ3n) is 0.957. The SMILES string of the molecule is CC1=CC=CC1.[NaH]. The second-order valence-corrected chi connectivity index (χ2v) is 1.65. The molecule has 0 amide bonds. The molecule has 0 spiro atoms. The summed E-state index contributed by atoms with van der Waals surface area (Å²) in [5.74, 6) is 0. The van der Waals surface area contributed by atoms with Gasteiger partial charge in [0.05, 0.1) is 0 Å².